The van der Waals surface area contributed by atoms with Crippen LogP contribution >= 0.6 is 0 Å². The van der Waals surface area contributed by atoms with Gasteiger partial charge in [-0.2, -0.15) is 0 Å². The maximum absolute atomic E-state index is 11.1. The largest absolute Gasteiger partial charge is 0.478 e. The van der Waals surface area contributed by atoms with Gasteiger partial charge < -0.3 is 14.6 Å². The highest BCUT2D eigenvalue weighted by molar-refractivity contribution is 5.86. The minimum atomic E-state index is -0.903. The molecule has 19 heavy (non-hydrogen) atoms. The zero-order valence-electron chi connectivity index (χ0n) is 11.4. The summed E-state index contributed by atoms with van der Waals surface area (Å²) in [6, 6.07) is 0. The van der Waals surface area contributed by atoms with Crippen molar-refractivity contribution in [3.05, 3.63) is 24.3 Å². The molecule has 4 heteroatoms. The molecule has 4 nitrogen and oxygen atoms in total. The summed E-state index contributed by atoms with van der Waals surface area (Å²) in [5.74, 6) is -1.24. The van der Waals surface area contributed by atoms with Crippen LogP contribution in [0.15, 0.2) is 24.3 Å². The summed E-state index contributed by atoms with van der Waals surface area (Å²) in [6.07, 6.45) is 6.47. The van der Waals surface area contributed by atoms with Crippen molar-refractivity contribution in [2.45, 2.75) is 50.6 Å². The van der Waals surface area contributed by atoms with Crippen LogP contribution in [-0.2, 0) is 14.3 Å². The van der Waals surface area contributed by atoms with Crippen LogP contribution < -0.4 is 0 Å². The van der Waals surface area contributed by atoms with Gasteiger partial charge in [0.25, 0.3) is 0 Å². The quantitative estimate of drug-likeness (QED) is 0.615. The van der Waals surface area contributed by atoms with Crippen molar-refractivity contribution in [1.82, 2.24) is 0 Å². The Labute approximate surface area is 113 Å². The number of aliphatic carboxylic acids is 1. The van der Waals surface area contributed by atoms with E-state index in [4.69, 9.17) is 14.6 Å². The number of ether oxygens (including phenoxy) is 2. The van der Waals surface area contributed by atoms with Crippen LogP contribution in [0.4, 0.5) is 0 Å². The maximum atomic E-state index is 11.1. The van der Waals surface area contributed by atoms with Crippen molar-refractivity contribution < 1.29 is 19.4 Å². The molecule has 1 saturated heterocycles. The molecule has 3 aliphatic rings. The van der Waals surface area contributed by atoms with E-state index < -0.39 is 11.8 Å². The van der Waals surface area contributed by atoms with E-state index in [0.717, 1.165) is 12.8 Å². The highest BCUT2D eigenvalue weighted by Crippen LogP contribution is 2.53. The van der Waals surface area contributed by atoms with Gasteiger partial charge in [-0.25, -0.2) is 4.79 Å². The number of hydrogen-bond acceptors (Lipinski definition) is 3. The summed E-state index contributed by atoms with van der Waals surface area (Å²) in [4.78, 5) is 11.1. The minimum Gasteiger partial charge on any atom is -0.478 e. The Morgan fingerprint density at radius 1 is 1.42 bits per heavy atom. The lowest BCUT2D eigenvalue weighted by molar-refractivity contribution is -0.133. The van der Waals surface area contributed by atoms with E-state index in [2.05, 4.69) is 19.6 Å². The molecule has 0 aromatic rings. The van der Waals surface area contributed by atoms with Crippen LogP contribution in [-0.4, -0.2) is 28.6 Å². The summed E-state index contributed by atoms with van der Waals surface area (Å²) >= 11 is 0. The normalized spacial score (nSPS) is 47.8. The van der Waals surface area contributed by atoms with E-state index in [1.165, 1.54) is 0 Å². The number of rotatable bonds is 2. The Morgan fingerprint density at radius 2 is 2.16 bits per heavy atom. The summed E-state index contributed by atoms with van der Waals surface area (Å²) in [5.41, 5.74) is -0.0767. The number of carbonyl (C=O) groups is 1. The molecule has 0 radical (unpaired) electrons. The molecule has 2 bridgehead atoms. The van der Waals surface area contributed by atoms with Crippen LogP contribution in [0.1, 0.15) is 33.1 Å². The van der Waals surface area contributed by atoms with Crippen molar-refractivity contribution in [1.29, 1.82) is 0 Å². The molecular formula is C15H20O4. The molecule has 1 aliphatic carbocycles. The lowest BCUT2D eigenvalue weighted by Crippen LogP contribution is -2.42. The Morgan fingerprint density at radius 3 is 2.79 bits per heavy atom. The predicted octanol–water partition coefficient (Wildman–Crippen LogP) is 2.50. The third kappa shape index (κ3) is 1.77. The highest BCUT2D eigenvalue weighted by Gasteiger charge is 2.60. The van der Waals surface area contributed by atoms with Gasteiger partial charge in [0, 0.05) is 5.57 Å². The van der Waals surface area contributed by atoms with Crippen LogP contribution in [0, 0.1) is 11.8 Å². The predicted molar refractivity (Wildman–Crippen MR) is 69.5 cm³/mol. The average Bonchev–Trinajstić information content (AvgIpc) is 2.80. The molecule has 0 aromatic heterocycles. The van der Waals surface area contributed by atoms with E-state index >= 15 is 0 Å². The lowest BCUT2D eigenvalue weighted by Gasteiger charge is -2.32. The summed E-state index contributed by atoms with van der Waals surface area (Å²) in [7, 11) is 0. The molecule has 2 aliphatic heterocycles. The number of carboxylic acid groups (broad SMARTS) is 1. The minimum absolute atomic E-state index is 0.0238. The van der Waals surface area contributed by atoms with Crippen molar-refractivity contribution in [2.75, 3.05) is 0 Å². The standard InChI is InChI=1S/C15H20O4/c1-9-4-5-11(10(2)13(16)17)8-12-15(9)7-6-14(3,18-12)19-15/h6-7,9,11-12H,2,4-5,8H2,1,3H3,(H,16,17). The maximum Gasteiger partial charge on any atom is 0.331 e. The second-order valence-electron chi connectivity index (χ2n) is 6.15. The first-order valence-corrected chi connectivity index (χ1v) is 6.87. The van der Waals surface area contributed by atoms with Gasteiger partial charge in [-0.15, -0.1) is 0 Å². The fourth-order valence-electron chi connectivity index (χ4n) is 3.67. The molecule has 1 spiro atoms. The van der Waals surface area contributed by atoms with Gasteiger partial charge in [0.2, 0.25) is 0 Å². The van der Waals surface area contributed by atoms with Crippen molar-refractivity contribution in [2.24, 2.45) is 11.8 Å². The molecule has 1 saturated carbocycles. The molecular weight excluding hydrogens is 244 g/mol. The molecule has 104 valence electrons. The zero-order chi connectivity index (χ0) is 13.8. The van der Waals surface area contributed by atoms with Crippen LogP contribution in [0.5, 0.6) is 0 Å². The third-order valence-electron chi connectivity index (χ3n) is 4.89. The Balaban J connectivity index is 1.89. The smallest absolute Gasteiger partial charge is 0.331 e. The molecule has 0 amide bonds. The zero-order valence-corrected chi connectivity index (χ0v) is 11.4. The topological polar surface area (TPSA) is 55.8 Å². The van der Waals surface area contributed by atoms with Gasteiger partial charge in [-0.3, -0.25) is 0 Å². The fourth-order valence-corrected chi connectivity index (χ4v) is 3.67. The van der Waals surface area contributed by atoms with Crippen LogP contribution in [0.25, 0.3) is 0 Å². The van der Waals surface area contributed by atoms with Crippen molar-refractivity contribution in [3.8, 4) is 0 Å². The summed E-state index contributed by atoms with van der Waals surface area (Å²) in [5, 5.41) is 9.13. The molecule has 1 N–H and O–H groups in total. The van der Waals surface area contributed by atoms with E-state index in [1.807, 2.05) is 13.0 Å². The van der Waals surface area contributed by atoms with E-state index in [1.54, 1.807) is 0 Å². The second-order valence-corrected chi connectivity index (χ2v) is 6.15. The first-order chi connectivity index (χ1) is 8.86. The van der Waals surface area contributed by atoms with E-state index in [-0.39, 0.29) is 17.6 Å². The van der Waals surface area contributed by atoms with Gasteiger partial charge in [0.1, 0.15) is 5.60 Å². The number of hydrogen-bond donors (Lipinski definition) is 1. The Bertz CT molecular complexity index is 469. The summed E-state index contributed by atoms with van der Waals surface area (Å²) < 4.78 is 12.1. The van der Waals surface area contributed by atoms with Crippen molar-refractivity contribution in [3.63, 3.8) is 0 Å². The Hall–Kier alpha value is -1.13. The highest BCUT2D eigenvalue weighted by atomic mass is 16.8. The molecule has 3 rings (SSSR count). The van der Waals surface area contributed by atoms with Crippen molar-refractivity contribution >= 4 is 5.97 Å². The molecule has 0 aromatic carbocycles. The molecule has 2 fully saturated rings. The van der Waals surface area contributed by atoms with Gasteiger partial charge in [0.05, 0.1) is 6.10 Å². The van der Waals surface area contributed by atoms with Gasteiger partial charge in [-0.1, -0.05) is 13.5 Å². The SMILES string of the molecule is C=C(C(=O)O)C1CCC(C)C23C=CC(C)(OC2C1)O3. The third-order valence-corrected chi connectivity index (χ3v) is 4.89. The number of carboxylic acids is 1. The second kappa shape index (κ2) is 3.93. The summed E-state index contributed by atoms with van der Waals surface area (Å²) in [6.45, 7) is 7.80. The van der Waals surface area contributed by atoms with Gasteiger partial charge >= 0.3 is 5.97 Å². The fraction of sp³-hybridized carbons (Fsp3) is 0.667. The van der Waals surface area contributed by atoms with E-state index in [0.29, 0.717) is 17.9 Å². The van der Waals surface area contributed by atoms with Crippen LogP contribution in [0.3, 0.4) is 0 Å². The molecule has 2 heterocycles. The molecule has 5 unspecified atom stereocenters. The van der Waals surface area contributed by atoms with Gasteiger partial charge in [-0.05, 0) is 50.2 Å². The monoisotopic (exact) mass is 264 g/mol. The first kappa shape index (κ1) is 12.9. The van der Waals surface area contributed by atoms with Crippen LogP contribution in [0.2, 0.25) is 0 Å². The molecule has 5 atom stereocenters. The number of fused-ring (bicyclic) bond motifs is 1. The average molecular weight is 264 g/mol. The lowest BCUT2D eigenvalue weighted by atomic mass is 9.82. The Kier molecular flexibility index (Phi) is 2.67. The first-order valence-electron chi connectivity index (χ1n) is 6.87. The van der Waals surface area contributed by atoms with Gasteiger partial charge in [0.15, 0.2) is 5.79 Å². The van der Waals surface area contributed by atoms with E-state index in [9.17, 15) is 4.79 Å².